The van der Waals surface area contributed by atoms with Gasteiger partial charge in [0.2, 0.25) is 0 Å². The van der Waals surface area contributed by atoms with Crippen LogP contribution in [0.4, 0.5) is 0 Å². The molecule has 0 radical (unpaired) electrons. The Morgan fingerprint density at radius 2 is 1.17 bits per heavy atom. The second kappa shape index (κ2) is 7.75. The van der Waals surface area contributed by atoms with Crippen molar-refractivity contribution in [2.75, 3.05) is 0 Å². The first-order valence-electron chi connectivity index (χ1n) is 5.67. The van der Waals surface area contributed by atoms with Gasteiger partial charge in [-0.15, -0.1) is 0 Å². The fourth-order valence-corrected chi connectivity index (χ4v) is 5.06. The van der Waals surface area contributed by atoms with E-state index < -0.39 is 0 Å². The minimum atomic E-state index is 1.10. The van der Waals surface area contributed by atoms with E-state index in [1.807, 2.05) is 21.6 Å². The molecule has 94 valence electrons. The van der Waals surface area contributed by atoms with Crippen LogP contribution in [0.3, 0.4) is 0 Å². The zero-order valence-electron chi connectivity index (χ0n) is 10.0. The first-order chi connectivity index (χ1) is 8.74. The molecule has 2 aromatic rings. The van der Waals surface area contributed by atoms with Crippen molar-refractivity contribution in [1.82, 2.24) is 0 Å². The van der Waals surface area contributed by atoms with Crippen LogP contribution in [-0.2, 0) is 11.5 Å². The van der Waals surface area contributed by atoms with Crippen LogP contribution in [0.15, 0.2) is 48.5 Å². The van der Waals surface area contributed by atoms with Crippen LogP contribution in [0.25, 0.3) is 0 Å². The molecule has 0 aromatic heterocycles. The molecular weight excluding hydrogens is 382 g/mol. The first kappa shape index (κ1) is 14.7. The molecule has 0 spiro atoms. The molecule has 4 heteroatoms. The predicted octanol–water partition coefficient (Wildman–Crippen LogP) is 1.28. The van der Waals surface area contributed by atoms with Gasteiger partial charge in [-0.3, -0.25) is 0 Å². The summed E-state index contributed by atoms with van der Waals surface area (Å²) < 4.78 is 2.82. The predicted molar refractivity (Wildman–Crippen MR) is 91.8 cm³/mol. The van der Waals surface area contributed by atoms with Crippen LogP contribution in [0.5, 0.6) is 0 Å². The number of hydrogen-bond acceptors (Lipinski definition) is 2. The minimum absolute atomic E-state index is 1.10. The van der Waals surface area contributed by atoms with Crippen LogP contribution in [0, 0.1) is 0 Å². The van der Waals surface area contributed by atoms with Crippen molar-refractivity contribution in [3.63, 3.8) is 0 Å². The van der Waals surface area contributed by atoms with Crippen molar-refractivity contribution < 1.29 is 0 Å². The summed E-state index contributed by atoms with van der Waals surface area (Å²) in [6.45, 7) is 0. The molecule has 0 saturated carbocycles. The van der Waals surface area contributed by atoms with E-state index in [1.165, 1.54) is 19.8 Å². The molecule has 0 amide bonds. The van der Waals surface area contributed by atoms with Crippen LogP contribution >= 0.6 is 21.6 Å². The van der Waals surface area contributed by atoms with Crippen molar-refractivity contribution >= 4 is 64.0 Å². The Balaban J connectivity index is 1.76. The SMILES string of the molecule is [AsH2]c1cccc(CSSCc2cccc([AsH2])c2)c1. The van der Waals surface area contributed by atoms with Gasteiger partial charge in [0.25, 0.3) is 0 Å². The van der Waals surface area contributed by atoms with Crippen LogP contribution in [0.2, 0.25) is 0 Å². The number of benzene rings is 2. The Kier molecular flexibility index (Phi) is 6.31. The molecule has 2 unspecified atom stereocenters. The Hall–Kier alpha value is 0.257. The second-order valence-corrected chi connectivity index (χ2v) is 9.27. The van der Waals surface area contributed by atoms with Crippen molar-refractivity contribution in [3.05, 3.63) is 59.7 Å². The van der Waals surface area contributed by atoms with Gasteiger partial charge in [-0.2, -0.15) is 0 Å². The standard InChI is InChI=1S/C14H16As2S2/c15-13-5-1-3-11(7-13)9-17-18-10-12-4-2-6-14(16)8-12/h1-8H,9-10,15-16H2. The Morgan fingerprint density at radius 3 is 1.56 bits per heavy atom. The van der Waals surface area contributed by atoms with Gasteiger partial charge in [0.05, 0.1) is 0 Å². The molecular formula is C14H16As2S2. The zero-order valence-corrected chi connectivity index (χ0v) is 16.5. The number of rotatable bonds is 5. The molecule has 2 aromatic carbocycles. The van der Waals surface area contributed by atoms with Crippen molar-refractivity contribution in [1.29, 1.82) is 0 Å². The van der Waals surface area contributed by atoms with Gasteiger partial charge in [-0.05, 0) is 0 Å². The van der Waals surface area contributed by atoms with Gasteiger partial charge < -0.3 is 0 Å². The Labute approximate surface area is 134 Å². The molecule has 2 rings (SSSR count). The molecule has 0 nitrogen and oxygen atoms in total. The third-order valence-electron chi connectivity index (χ3n) is 2.44. The molecule has 0 aliphatic rings. The molecule has 0 aliphatic carbocycles. The summed E-state index contributed by atoms with van der Waals surface area (Å²) >= 11 is 3.40. The molecule has 0 heterocycles. The van der Waals surface area contributed by atoms with E-state index in [2.05, 4.69) is 48.5 Å². The van der Waals surface area contributed by atoms with Gasteiger partial charge in [0.1, 0.15) is 0 Å². The number of hydrogen-bond donors (Lipinski definition) is 0. The third kappa shape index (κ3) is 5.09. The summed E-state index contributed by atoms with van der Waals surface area (Å²) in [4.78, 5) is 0. The molecule has 0 N–H and O–H groups in total. The van der Waals surface area contributed by atoms with E-state index in [-0.39, 0.29) is 0 Å². The summed E-state index contributed by atoms with van der Waals surface area (Å²) in [7, 11) is 3.89. The first-order valence-corrected chi connectivity index (χ1v) is 10.6. The maximum absolute atomic E-state index is 2.29. The van der Waals surface area contributed by atoms with Gasteiger partial charge in [-0.25, -0.2) is 0 Å². The average Bonchev–Trinajstić information content (AvgIpc) is 2.35. The summed E-state index contributed by atoms with van der Waals surface area (Å²) in [5.74, 6) is 2.19. The zero-order chi connectivity index (χ0) is 12.8. The maximum atomic E-state index is 2.29. The van der Waals surface area contributed by atoms with Gasteiger partial charge in [0, 0.05) is 0 Å². The Morgan fingerprint density at radius 1 is 0.722 bits per heavy atom. The normalized spacial score (nSPS) is 10.6. The third-order valence-corrected chi connectivity index (χ3v) is 6.22. The van der Waals surface area contributed by atoms with Gasteiger partial charge >= 0.3 is 135 Å². The van der Waals surface area contributed by atoms with E-state index in [1.54, 1.807) is 33.7 Å². The van der Waals surface area contributed by atoms with E-state index in [0.29, 0.717) is 0 Å². The average molecular weight is 398 g/mol. The van der Waals surface area contributed by atoms with E-state index in [9.17, 15) is 0 Å². The summed E-state index contributed by atoms with van der Waals surface area (Å²) in [6, 6.07) is 17.7. The van der Waals surface area contributed by atoms with Crippen molar-refractivity contribution in [2.45, 2.75) is 11.5 Å². The summed E-state index contributed by atoms with van der Waals surface area (Å²) in [6.07, 6.45) is 0. The summed E-state index contributed by atoms with van der Waals surface area (Å²) in [5, 5.41) is 0. The van der Waals surface area contributed by atoms with E-state index in [4.69, 9.17) is 0 Å². The monoisotopic (exact) mass is 398 g/mol. The molecule has 0 fully saturated rings. The van der Waals surface area contributed by atoms with Gasteiger partial charge in [0.15, 0.2) is 0 Å². The van der Waals surface area contributed by atoms with Crippen LogP contribution in [0.1, 0.15) is 11.1 Å². The molecule has 18 heavy (non-hydrogen) atoms. The molecule has 0 bridgehead atoms. The topological polar surface area (TPSA) is 0 Å². The Bertz CT molecular complexity index is 467. The van der Waals surface area contributed by atoms with Crippen LogP contribution in [-0.4, -0.2) is 33.7 Å². The van der Waals surface area contributed by atoms with Crippen molar-refractivity contribution in [2.24, 2.45) is 0 Å². The second-order valence-electron chi connectivity index (χ2n) is 4.01. The fourth-order valence-electron chi connectivity index (χ4n) is 1.59. The molecule has 0 saturated heterocycles. The van der Waals surface area contributed by atoms with Crippen LogP contribution < -0.4 is 8.70 Å². The van der Waals surface area contributed by atoms with E-state index >= 15 is 0 Å². The summed E-state index contributed by atoms with van der Waals surface area (Å²) in [5.41, 5.74) is 2.86. The van der Waals surface area contributed by atoms with Crippen molar-refractivity contribution in [3.8, 4) is 0 Å². The molecule has 0 aliphatic heterocycles. The molecule has 2 atom stereocenters. The van der Waals surface area contributed by atoms with Gasteiger partial charge in [-0.1, -0.05) is 0 Å². The fraction of sp³-hybridized carbons (Fsp3) is 0.143. The quantitative estimate of drug-likeness (QED) is 0.423. The van der Waals surface area contributed by atoms with E-state index in [0.717, 1.165) is 11.5 Å².